The fraction of sp³-hybridized carbons (Fsp3) is 0.583. The van der Waals surface area contributed by atoms with Gasteiger partial charge < -0.3 is 5.32 Å². The van der Waals surface area contributed by atoms with Gasteiger partial charge >= 0.3 is 6.18 Å². The second-order valence-electron chi connectivity index (χ2n) is 4.37. The van der Waals surface area contributed by atoms with Gasteiger partial charge in [-0.2, -0.15) is 13.2 Å². The molecule has 2 nitrogen and oxygen atoms in total. The molecule has 0 aliphatic rings. The Kier molecular flexibility index (Phi) is 5.26. The Labute approximate surface area is 110 Å². The Morgan fingerprint density at radius 2 is 2.06 bits per heavy atom. The van der Waals surface area contributed by atoms with Crippen LogP contribution in [0.4, 0.5) is 19.0 Å². The van der Waals surface area contributed by atoms with Crippen molar-refractivity contribution in [2.75, 3.05) is 11.2 Å². The molecule has 0 saturated carbocycles. The summed E-state index contributed by atoms with van der Waals surface area (Å²) < 4.78 is 38.3. The smallest absolute Gasteiger partial charge is 0.367 e. The number of hydrogen-bond acceptors (Lipinski definition) is 2. The topological polar surface area (TPSA) is 24.9 Å². The highest BCUT2D eigenvalue weighted by Gasteiger charge is 2.34. The summed E-state index contributed by atoms with van der Waals surface area (Å²) in [6.07, 6.45) is -2.47. The number of aromatic nitrogens is 1. The largest absolute Gasteiger partial charge is 0.419 e. The predicted octanol–water partition coefficient (Wildman–Crippen LogP) is 4.17. The molecule has 0 aliphatic carbocycles. The third-order valence-electron chi connectivity index (χ3n) is 2.66. The lowest BCUT2D eigenvalue weighted by Crippen LogP contribution is -2.28. The summed E-state index contributed by atoms with van der Waals surface area (Å²) in [4.78, 5) is 3.78. The summed E-state index contributed by atoms with van der Waals surface area (Å²) in [5.41, 5.74) is -0.745. The molecule has 1 N–H and O–H groups in total. The molecule has 0 fully saturated rings. The van der Waals surface area contributed by atoms with E-state index in [9.17, 15) is 13.2 Å². The number of nitrogens with one attached hydrogen (secondary N) is 1. The van der Waals surface area contributed by atoms with Crippen LogP contribution in [-0.2, 0) is 6.18 Å². The van der Waals surface area contributed by atoms with Crippen molar-refractivity contribution in [1.29, 1.82) is 0 Å². The molecule has 1 atom stereocenters. The highest BCUT2D eigenvalue weighted by atomic mass is 35.5. The number of rotatable bonds is 5. The number of anilines is 1. The lowest BCUT2D eigenvalue weighted by molar-refractivity contribution is -0.137. The van der Waals surface area contributed by atoms with Gasteiger partial charge in [-0.3, -0.25) is 0 Å². The minimum Gasteiger partial charge on any atom is -0.367 e. The molecule has 0 bridgehead atoms. The minimum atomic E-state index is -4.40. The highest BCUT2D eigenvalue weighted by molar-refractivity contribution is 6.17. The first-order chi connectivity index (χ1) is 8.36. The van der Waals surface area contributed by atoms with Gasteiger partial charge in [-0.25, -0.2) is 4.98 Å². The SMILES string of the molecule is CC(C)C(CCCl)Nc1ncccc1C(F)(F)F. The zero-order valence-corrected chi connectivity index (χ0v) is 11.0. The van der Waals surface area contributed by atoms with E-state index < -0.39 is 11.7 Å². The van der Waals surface area contributed by atoms with Gasteiger partial charge in [0.15, 0.2) is 0 Å². The average Bonchev–Trinajstić information content (AvgIpc) is 2.27. The zero-order valence-electron chi connectivity index (χ0n) is 10.3. The molecule has 0 aromatic carbocycles. The van der Waals surface area contributed by atoms with Crippen LogP contribution in [0.5, 0.6) is 0 Å². The lowest BCUT2D eigenvalue weighted by atomic mass is 10.0. The normalized spacial score (nSPS) is 13.7. The third kappa shape index (κ3) is 4.05. The summed E-state index contributed by atoms with van der Waals surface area (Å²) in [5, 5.41) is 2.84. The highest BCUT2D eigenvalue weighted by Crippen LogP contribution is 2.34. The van der Waals surface area contributed by atoms with E-state index in [0.717, 1.165) is 6.07 Å². The molecular formula is C12H16ClF3N2. The lowest BCUT2D eigenvalue weighted by Gasteiger charge is -2.23. The fourth-order valence-corrected chi connectivity index (χ4v) is 1.85. The van der Waals surface area contributed by atoms with E-state index in [2.05, 4.69) is 10.3 Å². The Morgan fingerprint density at radius 1 is 1.39 bits per heavy atom. The first-order valence-electron chi connectivity index (χ1n) is 5.71. The van der Waals surface area contributed by atoms with E-state index in [0.29, 0.717) is 12.3 Å². The van der Waals surface area contributed by atoms with Crippen LogP contribution in [0.1, 0.15) is 25.8 Å². The van der Waals surface area contributed by atoms with Crippen LogP contribution in [0.2, 0.25) is 0 Å². The van der Waals surface area contributed by atoms with Crippen molar-refractivity contribution in [2.45, 2.75) is 32.5 Å². The van der Waals surface area contributed by atoms with Gasteiger partial charge in [-0.05, 0) is 24.5 Å². The number of nitrogens with zero attached hydrogens (tertiary/aromatic N) is 1. The Bertz CT molecular complexity index is 380. The summed E-state index contributed by atoms with van der Waals surface area (Å²) in [6.45, 7) is 3.86. The number of hydrogen-bond donors (Lipinski definition) is 1. The van der Waals surface area contributed by atoms with Gasteiger partial charge in [0.1, 0.15) is 5.82 Å². The second kappa shape index (κ2) is 6.27. The fourth-order valence-electron chi connectivity index (χ4n) is 1.61. The molecule has 102 valence electrons. The molecule has 0 spiro atoms. The van der Waals surface area contributed by atoms with E-state index in [1.54, 1.807) is 0 Å². The molecule has 0 saturated heterocycles. The minimum absolute atomic E-state index is 0.126. The van der Waals surface area contributed by atoms with Crippen molar-refractivity contribution in [1.82, 2.24) is 4.98 Å². The van der Waals surface area contributed by atoms with Gasteiger partial charge in [-0.1, -0.05) is 13.8 Å². The maximum atomic E-state index is 12.8. The predicted molar refractivity (Wildman–Crippen MR) is 66.8 cm³/mol. The van der Waals surface area contributed by atoms with Crippen LogP contribution in [0, 0.1) is 5.92 Å². The van der Waals surface area contributed by atoms with Crippen molar-refractivity contribution < 1.29 is 13.2 Å². The van der Waals surface area contributed by atoms with Crippen molar-refractivity contribution in [2.24, 2.45) is 5.92 Å². The van der Waals surface area contributed by atoms with Gasteiger partial charge in [0.05, 0.1) is 5.56 Å². The third-order valence-corrected chi connectivity index (χ3v) is 2.88. The van der Waals surface area contributed by atoms with Gasteiger partial charge in [0.2, 0.25) is 0 Å². The molecule has 18 heavy (non-hydrogen) atoms. The van der Waals surface area contributed by atoms with Crippen LogP contribution in [-0.4, -0.2) is 16.9 Å². The molecule has 1 rings (SSSR count). The van der Waals surface area contributed by atoms with Crippen molar-refractivity contribution in [3.63, 3.8) is 0 Å². The maximum Gasteiger partial charge on any atom is 0.419 e. The Morgan fingerprint density at radius 3 is 2.56 bits per heavy atom. The van der Waals surface area contributed by atoms with E-state index >= 15 is 0 Å². The molecular weight excluding hydrogens is 265 g/mol. The Hall–Kier alpha value is -0.970. The molecule has 1 unspecified atom stereocenters. The standard InChI is InChI=1S/C12H16ClF3N2/c1-8(2)10(5-6-13)18-11-9(12(14,15)16)4-3-7-17-11/h3-4,7-8,10H,5-6H2,1-2H3,(H,17,18). The summed E-state index contributed by atoms with van der Waals surface area (Å²) in [5.74, 6) is 0.435. The number of halogens is 4. The van der Waals surface area contributed by atoms with Crippen molar-refractivity contribution in [3.05, 3.63) is 23.9 Å². The molecule has 0 radical (unpaired) electrons. The van der Waals surface area contributed by atoms with Crippen LogP contribution in [0.25, 0.3) is 0 Å². The van der Waals surface area contributed by atoms with Crippen molar-refractivity contribution in [3.8, 4) is 0 Å². The maximum absolute atomic E-state index is 12.8. The molecule has 1 heterocycles. The molecule has 0 amide bonds. The number of alkyl halides is 4. The van der Waals surface area contributed by atoms with Crippen LogP contribution < -0.4 is 5.32 Å². The second-order valence-corrected chi connectivity index (χ2v) is 4.75. The average molecular weight is 281 g/mol. The van der Waals surface area contributed by atoms with E-state index in [1.807, 2.05) is 13.8 Å². The van der Waals surface area contributed by atoms with Crippen molar-refractivity contribution >= 4 is 17.4 Å². The van der Waals surface area contributed by atoms with Crippen LogP contribution >= 0.6 is 11.6 Å². The molecule has 1 aromatic rings. The molecule has 1 aromatic heterocycles. The summed E-state index contributed by atoms with van der Waals surface area (Å²) in [7, 11) is 0. The molecule has 0 aliphatic heterocycles. The summed E-state index contributed by atoms with van der Waals surface area (Å²) >= 11 is 5.65. The van der Waals surface area contributed by atoms with E-state index in [4.69, 9.17) is 11.6 Å². The van der Waals surface area contributed by atoms with Gasteiger partial charge in [0.25, 0.3) is 0 Å². The molecule has 6 heteroatoms. The van der Waals surface area contributed by atoms with Crippen LogP contribution in [0.15, 0.2) is 18.3 Å². The van der Waals surface area contributed by atoms with E-state index in [-0.39, 0.29) is 17.8 Å². The van der Waals surface area contributed by atoms with Crippen LogP contribution in [0.3, 0.4) is 0 Å². The first kappa shape index (κ1) is 15.1. The number of pyridine rings is 1. The van der Waals surface area contributed by atoms with E-state index in [1.165, 1.54) is 12.3 Å². The Balaban J connectivity index is 2.96. The first-order valence-corrected chi connectivity index (χ1v) is 6.24. The monoisotopic (exact) mass is 280 g/mol. The van der Waals surface area contributed by atoms with Gasteiger partial charge in [-0.15, -0.1) is 11.6 Å². The quantitative estimate of drug-likeness (QED) is 0.819. The summed E-state index contributed by atoms with van der Waals surface area (Å²) in [6, 6.07) is 2.17. The van der Waals surface area contributed by atoms with Gasteiger partial charge in [0, 0.05) is 18.1 Å². The zero-order chi connectivity index (χ0) is 13.8.